The summed E-state index contributed by atoms with van der Waals surface area (Å²) in [6.45, 7) is 1.50. The van der Waals surface area contributed by atoms with Crippen LogP contribution in [0.5, 0.6) is 0 Å². The Balaban J connectivity index is 2.15. The van der Waals surface area contributed by atoms with Crippen LogP contribution in [-0.2, 0) is 12.7 Å². The molecule has 0 saturated heterocycles. The first-order chi connectivity index (χ1) is 9.77. The molecule has 0 spiro atoms. The second-order valence-electron chi connectivity index (χ2n) is 4.21. The number of aromatic nitrogens is 2. The molecule has 0 aliphatic heterocycles. The largest absolute Gasteiger partial charge is 0.416 e. The standard InChI is InChI=1S/C12H11F3N4O2/c1-6-18-10(19-21-6)5-17-11(20)8-4-7(12(13,14)15)2-3-9(8)16/h2-4H,5,16H2,1H3,(H,17,20). The number of alkyl halides is 3. The number of hydrogen-bond donors (Lipinski definition) is 2. The smallest absolute Gasteiger partial charge is 0.398 e. The minimum Gasteiger partial charge on any atom is -0.398 e. The summed E-state index contributed by atoms with van der Waals surface area (Å²) in [7, 11) is 0. The molecule has 112 valence electrons. The lowest BCUT2D eigenvalue weighted by molar-refractivity contribution is -0.137. The van der Waals surface area contributed by atoms with Gasteiger partial charge in [0.25, 0.3) is 5.91 Å². The van der Waals surface area contributed by atoms with Crippen LogP contribution in [0.2, 0.25) is 0 Å². The van der Waals surface area contributed by atoms with Crippen LogP contribution < -0.4 is 11.1 Å². The number of nitrogens with two attached hydrogens (primary N) is 1. The molecule has 2 rings (SSSR count). The minimum atomic E-state index is -4.55. The van der Waals surface area contributed by atoms with Crippen LogP contribution >= 0.6 is 0 Å². The van der Waals surface area contributed by atoms with Gasteiger partial charge in [-0.25, -0.2) is 0 Å². The lowest BCUT2D eigenvalue weighted by atomic mass is 10.1. The second kappa shape index (κ2) is 5.43. The number of halogens is 3. The van der Waals surface area contributed by atoms with Gasteiger partial charge in [0.1, 0.15) is 0 Å². The molecule has 6 nitrogen and oxygen atoms in total. The Hall–Kier alpha value is -2.58. The van der Waals surface area contributed by atoms with Gasteiger partial charge < -0.3 is 15.6 Å². The first-order valence-corrected chi connectivity index (χ1v) is 5.81. The van der Waals surface area contributed by atoms with Crippen LogP contribution in [0, 0.1) is 6.92 Å². The number of hydrogen-bond acceptors (Lipinski definition) is 5. The zero-order valence-electron chi connectivity index (χ0n) is 10.9. The predicted octanol–water partition coefficient (Wildman–Crippen LogP) is 1.91. The van der Waals surface area contributed by atoms with Gasteiger partial charge in [-0.15, -0.1) is 0 Å². The van der Waals surface area contributed by atoms with Gasteiger partial charge in [0.05, 0.1) is 17.7 Å². The number of anilines is 1. The monoisotopic (exact) mass is 300 g/mol. The van der Waals surface area contributed by atoms with Crippen molar-refractivity contribution in [3.63, 3.8) is 0 Å². The maximum atomic E-state index is 12.6. The number of nitrogens with zero attached hydrogens (tertiary/aromatic N) is 2. The van der Waals surface area contributed by atoms with Crippen LogP contribution in [-0.4, -0.2) is 16.0 Å². The highest BCUT2D eigenvalue weighted by atomic mass is 19.4. The Kier molecular flexibility index (Phi) is 3.83. The predicted molar refractivity (Wildman–Crippen MR) is 66.1 cm³/mol. The van der Waals surface area contributed by atoms with Gasteiger partial charge in [-0.2, -0.15) is 18.2 Å². The first-order valence-electron chi connectivity index (χ1n) is 5.81. The molecule has 0 bridgehead atoms. The van der Waals surface area contributed by atoms with Crippen molar-refractivity contribution < 1.29 is 22.5 Å². The molecule has 0 fully saturated rings. The summed E-state index contributed by atoms with van der Waals surface area (Å²) >= 11 is 0. The molecule has 1 heterocycles. The molecule has 1 aromatic carbocycles. The Morgan fingerprint density at radius 1 is 1.43 bits per heavy atom. The molecule has 0 unspecified atom stereocenters. The van der Waals surface area contributed by atoms with E-state index in [1.807, 2.05) is 0 Å². The molecule has 9 heteroatoms. The Morgan fingerprint density at radius 2 is 2.14 bits per heavy atom. The van der Waals surface area contributed by atoms with E-state index in [-0.39, 0.29) is 23.6 Å². The lowest BCUT2D eigenvalue weighted by Crippen LogP contribution is -2.25. The van der Waals surface area contributed by atoms with E-state index in [1.165, 1.54) is 0 Å². The fourth-order valence-corrected chi connectivity index (χ4v) is 1.60. The van der Waals surface area contributed by atoms with Crippen molar-refractivity contribution in [2.24, 2.45) is 0 Å². The lowest BCUT2D eigenvalue weighted by Gasteiger charge is -2.10. The van der Waals surface area contributed by atoms with Crippen LogP contribution in [0.15, 0.2) is 22.7 Å². The van der Waals surface area contributed by atoms with Crippen molar-refractivity contribution >= 4 is 11.6 Å². The van der Waals surface area contributed by atoms with Crippen molar-refractivity contribution in [2.75, 3.05) is 5.73 Å². The normalized spacial score (nSPS) is 11.4. The van der Waals surface area contributed by atoms with Gasteiger partial charge in [-0.3, -0.25) is 4.79 Å². The third kappa shape index (κ3) is 3.50. The summed E-state index contributed by atoms with van der Waals surface area (Å²) in [5.41, 5.74) is 4.27. The number of carbonyl (C=O) groups excluding carboxylic acids is 1. The van der Waals surface area contributed by atoms with Gasteiger partial charge in [-0.05, 0) is 18.2 Å². The second-order valence-corrected chi connectivity index (χ2v) is 4.21. The van der Waals surface area contributed by atoms with Gasteiger partial charge in [0.2, 0.25) is 5.89 Å². The Labute approximate surface area is 117 Å². The topological polar surface area (TPSA) is 94.0 Å². The number of benzene rings is 1. The number of nitrogens with one attached hydrogen (secondary N) is 1. The average Bonchev–Trinajstić information content (AvgIpc) is 2.81. The fraction of sp³-hybridized carbons (Fsp3) is 0.250. The first kappa shape index (κ1) is 14.8. The average molecular weight is 300 g/mol. The van der Waals surface area contributed by atoms with Gasteiger partial charge >= 0.3 is 6.18 Å². The van der Waals surface area contributed by atoms with Crippen molar-refractivity contribution in [3.05, 3.63) is 41.0 Å². The maximum absolute atomic E-state index is 12.6. The van der Waals surface area contributed by atoms with Crippen molar-refractivity contribution in [2.45, 2.75) is 19.6 Å². The van der Waals surface area contributed by atoms with E-state index in [2.05, 4.69) is 15.5 Å². The van der Waals surface area contributed by atoms with Crippen molar-refractivity contribution in [1.29, 1.82) is 0 Å². The third-order valence-electron chi connectivity index (χ3n) is 2.60. The molecular weight excluding hydrogens is 289 g/mol. The molecule has 21 heavy (non-hydrogen) atoms. The summed E-state index contributed by atoms with van der Waals surface area (Å²) in [6.07, 6.45) is -4.55. The molecule has 3 N–H and O–H groups in total. The molecule has 1 amide bonds. The Morgan fingerprint density at radius 3 is 2.71 bits per heavy atom. The highest BCUT2D eigenvalue weighted by molar-refractivity contribution is 5.99. The molecule has 0 aliphatic carbocycles. The van der Waals surface area contributed by atoms with Crippen molar-refractivity contribution in [1.82, 2.24) is 15.5 Å². The van der Waals surface area contributed by atoms with Crippen molar-refractivity contribution in [3.8, 4) is 0 Å². The number of nitrogen functional groups attached to an aromatic ring is 1. The molecule has 0 atom stereocenters. The summed E-state index contributed by atoms with van der Waals surface area (Å²) in [5.74, 6) is -0.217. The van der Waals surface area contributed by atoms with Gasteiger partial charge in [-0.1, -0.05) is 5.16 Å². The zero-order valence-corrected chi connectivity index (χ0v) is 10.9. The number of aryl methyl sites for hydroxylation is 1. The van der Waals surface area contributed by atoms with E-state index < -0.39 is 17.6 Å². The highest BCUT2D eigenvalue weighted by Gasteiger charge is 2.31. The van der Waals surface area contributed by atoms with Gasteiger partial charge in [0, 0.05) is 12.6 Å². The van der Waals surface area contributed by atoms with Crippen LogP contribution in [0.1, 0.15) is 27.6 Å². The maximum Gasteiger partial charge on any atom is 0.416 e. The summed E-state index contributed by atoms with van der Waals surface area (Å²) < 4.78 is 42.5. The summed E-state index contributed by atoms with van der Waals surface area (Å²) in [5, 5.41) is 5.93. The van der Waals surface area contributed by atoms with E-state index in [0.29, 0.717) is 12.0 Å². The molecule has 0 radical (unpaired) electrons. The quantitative estimate of drug-likeness (QED) is 0.844. The molecular formula is C12H11F3N4O2. The van der Waals surface area contributed by atoms with E-state index in [4.69, 9.17) is 10.3 Å². The number of carbonyl (C=O) groups is 1. The zero-order chi connectivity index (χ0) is 15.6. The van der Waals surface area contributed by atoms with Gasteiger partial charge in [0.15, 0.2) is 5.82 Å². The van der Waals surface area contributed by atoms with Crippen LogP contribution in [0.25, 0.3) is 0 Å². The molecule has 1 aromatic heterocycles. The fourth-order valence-electron chi connectivity index (χ4n) is 1.60. The molecule has 0 saturated carbocycles. The van der Waals surface area contributed by atoms with E-state index >= 15 is 0 Å². The van der Waals surface area contributed by atoms with Crippen LogP contribution in [0.4, 0.5) is 18.9 Å². The summed E-state index contributed by atoms with van der Waals surface area (Å²) in [4.78, 5) is 15.7. The van der Waals surface area contributed by atoms with Crippen LogP contribution in [0.3, 0.4) is 0 Å². The minimum absolute atomic E-state index is 0.0511. The third-order valence-corrected chi connectivity index (χ3v) is 2.60. The highest BCUT2D eigenvalue weighted by Crippen LogP contribution is 2.31. The van der Waals surface area contributed by atoms with E-state index in [1.54, 1.807) is 6.92 Å². The Bertz CT molecular complexity index is 667. The number of rotatable bonds is 3. The SMILES string of the molecule is Cc1nc(CNC(=O)c2cc(C(F)(F)F)ccc2N)no1. The summed E-state index contributed by atoms with van der Waals surface area (Å²) in [6, 6.07) is 2.55. The molecule has 2 aromatic rings. The van der Waals surface area contributed by atoms with E-state index in [9.17, 15) is 18.0 Å². The van der Waals surface area contributed by atoms with E-state index in [0.717, 1.165) is 12.1 Å². The molecule has 0 aliphatic rings. The number of amides is 1.